The van der Waals surface area contributed by atoms with Crippen LogP contribution in [0.3, 0.4) is 0 Å². The van der Waals surface area contributed by atoms with E-state index in [9.17, 15) is 5.11 Å². The van der Waals surface area contributed by atoms with Crippen LogP contribution in [-0.4, -0.2) is 18.8 Å². The SMILES string of the molecule is COc1ccc(O)c(C(C)NCCc2ccsc2)c1. The topological polar surface area (TPSA) is 41.5 Å². The van der Waals surface area contributed by atoms with E-state index in [1.165, 1.54) is 5.56 Å². The smallest absolute Gasteiger partial charge is 0.120 e. The molecule has 2 rings (SSSR count). The lowest BCUT2D eigenvalue weighted by Gasteiger charge is -2.16. The highest BCUT2D eigenvalue weighted by molar-refractivity contribution is 7.07. The fourth-order valence-electron chi connectivity index (χ4n) is 1.98. The largest absolute Gasteiger partial charge is 0.508 e. The molecule has 2 N–H and O–H groups in total. The van der Waals surface area contributed by atoms with Crippen molar-refractivity contribution in [2.75, 3.05) is 13.7 Å². The molecule has 1 unspecified atom stereocenters. The molecule has 3 nitrogen and oxygen atoms in total. The third-order valence-corrected chi connectivity index (χ3v) is 3.88. The quantitative estimate of drug-likeness (QED) is 0.850. The molecule has 0 spiro atoms. The Bertz CT molecular complexity index is 511. The number of methoxy groups -OCH3 is 1. The minimum Gasteiger partial charge on any atom is -0.508 e. The Labute approximate surface area is 117 Å². The summed E-state index contributed by atoms with van der Waals surface area (Å²) in [5.74, 6) is 1.07. The van der Waals surface area contributed by atoms with Gasteiger partial charge in [-0.25, -0.2) is 0 Å². The number of aromatic hydroxyl groups is 1. The normalized spacial score (nSPS) is 12.3. The Morgan fingerprint density at radius 2 is 2.21 bits per heavy atom. The van der Waals surface area contributed by atoms with Gasteiger partial charge in [-0.15, -0.1) is 0 Å². The Morgan fingerprint density at radius 1 is 1.37 bits per heavy atom. The summed E-state index contributed by atoms with van der Waals surface area (Å²) in [6.45, 7) is 2.93. The van der Waals surface area contributed by atoms with Crippen LogP contribution >= 0.6 is 11.3 Å². The van der Waals surface area contributed by atoms with Crippen LogP contribution in [0.1, 0.15) is 24.1 Å². The van der Waals surface area contributed by atoms with Crippen molar-refractivity contribution in [3.05, 3.63) is 46.2 Å². The lowest BCUT2D eigenvalue weighted by atomic mass is 10.1. The summed E-state index contributed by atoms with van der Waals surface area (Å²) in [6.07, 6.45) is 0.999. The predicted octanol–water partition coefficient (Wildman–Crippen LogP) is 3.36. The molecular formula is C15H19NO2S. The van der Waals surface area contributed by atoms with Gasteiger partial charge in [0, 0.05) is 11.6 Å². The molecule has 0 radical (unpaired) electrons. The van der Waals surface area contributed by atoms with E-state index in [0.717, 1.165) is 24.3 Å². The first-order valence-corrected chi connectivity index (χ1v) is 7.26. The highest BCUT2D eigenvalue weighted by Crippen LogP contribution is 2.28. The van der Waals surface area contributed by atoms with E-state index in [0.29, 0.717) is 5.75 Å². The second kappa shape index (κ2) is 6.59. The van der Waals surface area contributed by atoms with Crippen LogP contribution in [0.2, 0.25) is 0 Å². The lowest BCUT2D eigenvalue weighted by Crippen LogP contribution is -2.21. The molecule has 1 aromatic carbocycles. The summed E-state index contributed by atoms with van der Waals surface area (Å²) >= 11 is 1.72. The molecule has 0 fully saturated rings. The van der Waals surface area contributed by atoms with E-state index < -0.39 is 0 Å². The van der Waals surface area contributed by atoms with Crippen LogP contribution < -0.4 is 10.1 Å². The third-order valence-electron chi connectivity index (χ3n) is 3.15. The zero-order valence-corrected chi connectivity index (χ0v) is 12.0. The number of nitrogens with one attached hydrogen (secondary N) is 1. The number of thiophene rings is 1. The Hall–Kier alpha value is -1.52. The average Bonchev–Trinajstić information content (AvgIpc) is 2.92. The van der Waals surface area contributed by atoms with E-state index in [4.69, 9.17) is 4.74 Å². The molecule has 1 aromatic heterocycles. The summed E-state index contributed by atoms with van der Waals surface area (Å²) < 4.78 is 5.19. The number of ether oxygens (including phenoxy) is 1. The van der Waals surface area contributed by atoms with Gasteiger partial charge in [-0.3, -0.25) is 0 Å². The van der Waals surface area contributed by atoms with Gasteiger partial charge in [-0.2, -0.15) is 11.3 Å². The molecule has 0 saturated carbocycles. The summed E-state index contributed by atoms with van der Waals surface area (Å²) in [5.41, 5.74) is 2.21. The van der Waals surface area contributed by atoms with Gasteiger partial charge >= 0.3 is 0 Å². The Balaban J connectivity index is 1.93. The van der Waals surface area contributed by atoms with Crippen molar-refractivity contribution < 1.29 is 9.84 Å². The van der Waals surface area contributed by atoms with Gasteiger partial charge in [-0.05, 0) is 60.5 Å². The third kappa shape index (κ3) is 3.72. The molecule has 4 heteroatoms. The number of phenolic OH excluding ortho intramolecular Hbond substituents is 1. The fourth-order valence-corrected chi connectivity index (χ4v) is 2.69. The standard InChI is InChI=1S/C15H19NO2S/c1-11(16-7-5-12-6-8-19-10-12)14-9-13(18-2)3-4-15(14)17/h3-4,6,8-11,16-17H,5,7H2,1-2H3. The fraction of sp³-hybridized carbons (Fsp3) is 0.333. The van der Waals surface area contributed by atoms with Crippen molar-refractivity contribution in [2.24, 2.45) is 0 Å². The van der Waals surface area contributed by atoms with Gasteiger partial charge in [0.25, 0.3) is 0 Å². The number of hydrogen-bond donors (Lipinski definition) is 2. The van der Waals surface area contributed by atoms with E-state index in [-0.39, 0.29) is 6.04 Å². The zero-order valence-electron chi connectivity index (χ0n) is 11.2. The van der Waals surface area contributed by atoms with Crippen molar-refractivity contribution in [2.45, 2.75) is 19.4 Å². The molecule has 102 valence electrons. The molecule has 0 aliphatic rings. The predicted molar refractivity (Wildman–Crippen MR) is 79.1 cm³/mol. The maximum atomic E-state index is 9.89. The zero-order chi connectivity index (χ0) is 13.7. The Kier molecular flexibility index (Phi) is 4.82. The monoisotopic (exact) mass is 277 g/mol. The number of rotatable bonds is 6. The van der Waals surface area contributed by atoms with Gasteiger partial charge in [0.05, 0.1) is 7.11 Å². The van der Waals surface area contributed by atoms with E-state index in [1.807, 2.05) is 13.0 Å². The maximum absolute atomic E-state index is 9.89. The van der Waals surface area contributed by atoms with Crippen molar-refractivity contribution in [1.82, 2.24) is 5.32 Å². The van der Waals surface area contributed by atoms with E-state index >= 15 is 0 Å². The molecule has 1 heterocycles. The first-order chi connectivity index (χ1) is 9.20. The molecular weight excluding hydrogens is 258 g/mol. The van der Waals surface area contributed by atoms with E-state index in [2.05, 4.69) is 22.1 Å². The molecule has 0 aliphatic heterocycles. The number of benzene rings is 1. The molecule has 19 heavy (non-hydrogen) atoms. The number of phenols is 1. The van der Waals surface area contributed by atoms with Gasteiger partial charge in [0.2, 0.25) is 0 Å². The highest BCUT2D eigenvalue weighted by Gasteiger charge is 2.11. The summed E-state index contributed by atoms with van der Waals surface area (Å²) in [5, 5.41) is 17.6. The van der Waals surface area contributed by atoms with Crippen molar-refractivity contribution in [3.63, 3.8) is 0 Å². The Morgan fingerprint density at radius 3 is 2.89 bits per heavy atom. The average molecular weight is 277 g/mol. The number of hydrogen-bond acceptors (Lipinski definition) is 4. The van der Waals surface area contributed by atoms with E-state index in [1.54, 1.807) is 30.6 Å². The van der Waals surface area contributed by atoms with Crippen molar-refractivity contribution in [1.29, 1.82) is 0 Å². The summed E-state index contributed by atoms with van der Waals surface area (Å²) in [7, 11) is 1.63. The van der Waals surface area contributed by atoms with Crippen LogP contribution in [0.5, 0.6) is 11.5 Å². The first-order valence-electron chi connectivity index (χ1n) is 6.32. The summed E-state index contributed by atoms with van der Waals surface area (Å²) in [4.78, 5) is 0. The van der Waals surface area contributed by atoms with Gasteiger partial charge < -0.3 is 15.2 Å². The molecule has 0 bridgehead atoms. The van der Waals surface area contributed by atoms with Gasteiger partial charge in [0.15, 0.2) is 0 Å². The maximum Gasteiger partial charge on any atom is 0.120 e. The van der Waals surface area contributed by atoms with Crippen LogP contribution in [0.15, 0.2) is 35.0 Å². The minimum absolute atomic E-state index is 0.0914. The molecule has 0 aliphatic carbocycles. The second-order valence-electron chi connectivity index (χ2n) is 4.48. The van der Waals surface area contributed by atoms with Crippen LogP contribution in [-0.2, 0) is 6.42 Å². The van der Waals surface area contributed by atoms with Crippen LogP contribution in [0.25, 0.3) is 0 Å². The van der Waals surface area contributed by atoms with Crippen LogP contribution in [0, 0.1) is 0 Å². The minimum atomic E-state index is 0.0914. The van der Waals surface area contributed by atoms with Gasteiger partial charge in [-0.1, -0.05) is 0 Å². The van der Waals surface area contributed by atoms with Crippen molar-refractivity contribution >= 4 is 11.3 Å². The second-order valence-corrected chi connectivity index (χ2v) is 5.26. The lowest BCUT2D eigenvalue weighted by molar-refractivity contribution is 0.407. The molecule has 0 amide bonds. The molecule has 0 saturated heterocycles. The van der Waals surface area contributed by atoms with Crippen LogP contribution in [0.4, 0.5) is 0 Å². The highest BCUT2D eigenvalue weighted by atomic mass is 32.1. The van der Waals surface area contributed by atoms with Gasteiger partial charge in [0.1, 0.15) is 11.5 Å². The van der Waals surface area contributed by atoms with Crippen molar-refractivity contribution in [3.8, 4) is 11.5 Å². The molecule has 1 atom stereocenters. The molecule has 2 aromatic rings. The first kappa shape index (κ1) is 13.9. The summed E-state index contributed by atoms with van der Waals surface area (Å²) in [6, 6.07) is 7.54.